The van der Waals surface area contributed by atoms with E-state index in [-0.39, 0.29) is 5.78 Å². The van der Waals surface area contributed by atoms with E-state index >= 15 is 0 Å². The Balaban J connectivity index is 2.39. The average molecular weight is 295 g/mol. The van der Waals surface area contributed by atoms with E-state index in [0.717, 1.165) is 25.4 Å². The SMILES string of the molecule is Cc1cccc(C(=O)c2cc(Br)c(C)s2)c1. The molecule has 0 fully saturated rings. The van der Waals surface area contributed by atoms with Crippen molar-refractivity contribution in [2.75, 3.05) is 0 Å². The Morgan fingerprint density at radius 3 is 2.56 bits per heavy atom. The Bertz CT molecular complexity index is 523. The molecule has 0 saturated carbocycles. The number of hydrogen-bond donors (Lipinski definition) is 0. The maximum atomic E-state index is 12.2. The molecular formula is C13H11BrOS. The van der Waals surface area contributed by atoms with Crippen LogP contribution in [0.2, 0.25) is 0 Å². The third-order valence-corrected chi connectivity index (χ3v) is 4.50. The number of carbonyl (C=O) groups excluding carboxylic acids is 1. The minimum Gasteiger partial charge on any atom is -0.288 e. The molecule has 0 amide bonds. The number of halogens is 1. The van der Waals surface area contributed by atoms with Gasteiger partial charge in [-0.15, -0.1) is 11.3 Å². The number of carbonyl (C=O) groups is 1. The van der Waals surface area contributed by atoms with Gasteiger partial charge in [-0.05, 0) is 41.9 Å². The first-order chi connectivity index (χ1) is 7.58. The standard InChI is InChI=1S/C13H11BrOS/c1-8-4-3-5-10(6-8)13(15)12-7-11(14)9(2)16-12/h3-7H,1-2H3. The summed E-state index contributed by atoms with van der Waals surface area (Å²) in [6.45, 7) is 3.99. The zero-order valence-corrected chi connectivity index (χ0v) is 11.5. The third-order valence-electron chi connectivity index (χ3n) is 2.36. The minimum absolute atomic E-state index is 0.0995. The Morgan fingerprint density at radius 2 is 2.00 bits per heavy atom. The summed E-state index contributed by atoms with van der Waals surface area (Å²) in [5.41, 5.74) is 1.87. The highest BCUT2D eigenvalue weighted by Crippen LogP contribution is 2.28. The minimum atomic E-state index is 0.0995. The highest BCUT2D eigenvalue weighted by molar-refractivity contribution is 9.10. The van der Waals surface area contributed by atoms with E-state index in [1.807, 2.05) is 44.2 Å². The lowest BCUT2D eigenvalue weighted by atomic mass is 10.1. The van der Waals surface area contributed by atoms with Crippen LogP contribution in [0, 0.1) is 13.8 Å². The molecule has 1 heterocycles. The molecule has 82 valence electrons. The summed E-state index contributed by atoms with van der Waals surface area (Å²) >= 11 is 4.96. The van der Waals surface area contributed by atoms with Crippen LogP contribution in [0.15, 0.2) is 34.8 Å². The molecule has 1 aromatic heterocycles. The van der Waals surface area contributed by atoms with Crippen molar-refractivity contribution in [3.05, 3.63) is 55.7 Å². The van der Waals surface area contributed by atoms with E-state index in [4.69, 9.17) is 0 Å². The normalized spacial score (nSPS) is 10.4. The van der Waals surface area contributed by atoms with Gasteiger partial charge in [0.1, 0.15) is 0 Å². The van der Waals surface area contributed by atoms with Gasteiger partial charge in [-0.1, -0.05) is 23.8 Å². The molecular weight excluding hydrogens is 284 g/mol. The summed E-state index contributed by atoms with van der Waals surface area (Å²) in [7, 11) is 0. The van der Waals surface area contributed by atoms with E-state index < -0.39 is 0 Å². The monoisotopic (exact) mass is 294 g/mol. The molecule has 3 heteroatoms. The third kappa shape index (κ3) is 2.25. The molecule has 0 N–H and O–H groups in total. The van der Waals surface area contributed by atoms with Gasteiger partial charge in [-0.3, -0.25) is 4.79 Å². The second-order valence-electron chi connectivity index (χ2n) is 3.71. The summed E-state index contributed by atoms with van der Waals surface area (Å²) in [6.07, 6.45) is 0. The Kier molecular flexibility index (Phi) is 3.26. The lowest BCUT2D eigenvalue weighted by Gasteiger charge is -1.99. The summed E-state index contributed by atoms with van der Waals surface area (Å²) < 4.78 is 1.01. The second kappa shape index (κ2) is 4.52. The van der Waals surface area contributed by atoms with Crippen molar-refractivity contribution in [2.24, 2.45) is 0 Å². The average Bonchev–Trinajstić information content (AvgIpc) is 2.58. The van der Waals surface area contributed by atoms with Crippen molar-refractivity contribution in [2.45, 2.75) is 13.8 Å². The van der Waals surface area contributed by atoms with Crippen LogP contribution in [0.3, 0.4) is 0 Å². The molecule has 0 aliphatic heterocycles. The van der Waals surface area contributed by atoms with Gasteiger partial charge in [0, 0.05) is 14.9 Å². The van der Waals surface area contributed by atoms with Crippen molar-refractivity contribution in [1.82, 2.24) is 0 Å². The van der Waals surface area contributed by atoms with Crippen molar-refractivity contribution >= 4 is 33.0 Å². The molecule has 0 radical (unpaired) electrons. The summed E-state index contributed by atoms with van der Waals surface area (Å²) in [5.74, 6) is 0.0995. The zero-order chi connectivity index (χ0) is 11.7. The zero-order valence-electron chi connectivity index (χ0n) is 9.08. The van der Waals surface area contributed by atoms with Gasteiger partial charge in [0.05, 0.1) is 4.88 Å². The first-order valence-corrected chi connectivity index (χ1v) is 6.56. The van der Waals surface area contributed by atoms with Crippen molar-refractivity contribution < 1.29 is 4.79 Å². The molecule has 2 aromatic rings. The van der Waals surface area contributed by atoms with E-state index in [9.17, 15) is 4.79 Å². The predicted molar refractivity (Wildman–Crippen MR) is 71.4 cm³/mol. The summed E-state index contributed by atoms with van der Waals surface area (Å²) in [5, 5.41) is 0. The number of benzene rings is 1. The van der Waals surface area contributed by atoms with Crippen LogP contribution < -0.4 is 0 Å². The van der Waals surface area contributed by atoms with Gasteiger partial charge >= 0.3 is 0 Å². The van der Waals surface area contributed by atoms with Crippen LogP contribution in [0.4, 0.5) is 0 Å². The Morgan fingerprint density at radius 1 is 1.25 bits per heavy atom. The Hall–Kier alpha value is -0.930. The van der Waals surface area contributed by atoms with E-state index in [2.05, 4.69) is 15.9 Å². The second-order valence-corrected chi connectivity index (χ2v) is 5.82. The smallest absolute Gasteiger partial charge is 0.202 e. The highest BCUT2D eigenvalue weighted by atomic mass is 79.9. The molecule has 1 nitrogen and oxygen atoms in total. The molecule has 16 heavy (non-hydrogen) atoms. The van der Waals surface area contributed by atoms with Gasteiger partial charge in [-0.25, -0.2) is 0 Å². The largest absolute Gasteiger partial charge is 0.288 e. The molecule has 0 aliphatic rings. The maximum absolute atomic E-state index is 12.2. The molecule has 0 atom stereocenters. The molecule has 0 bridgehead atoms. The maximum Gasteiger partial charge on any atom is 0.202 e. The highest BCUT2D eigenvalue weighted by Gasteiger charge is 2.13. The molecule has 1 aromatic carbocycles. The number of rotatable bonds is 2. The van der Waals surface area contributed by atoms with Crippen molar-refractivity contribution in [3.8, 4) is 0 Å². The molecule has 0 unspecified atom stereocenters. The number of hydrogen-bond acceptors (Lipinski definition) is 2. The van der Waals surface area contributed by atoms with Crippen LogP contribution in [0.5, 0.6) is 0 Å². The first-order valence-electron chi connectivity index (χ1n) is 4.95. The molecule has 2 rings (SSSR count). The fourth-order valence-corrected chi connectivity index (χ4v) is 3.00. The van der Waals surface area contributed by atoms with Crippen LogP contribution in [0.1, 0.15) is 25.7 Å². The van der Waals surface area contributed by atoms with Crippen LogP contribution >= 0.6 is 27.3 Å². The lowest BCUT2D eigenvalue weighted by Crippen LogP contribution is -1.98. The van der Waals surface area contributed by atoms with Gasteiger partial charge in [0.2, 0.25) is 5.78 Å². The predicted octanol–water partition coefficient (Wildman–Crippen LogP) is 4.36. The van der Waals surface area contributed by atoms with E-state index in [0.29, 0.717) is 0 Å². The number of ketones is 1. The van der Waals surface area contributed by atoms with E-state index in [1.54, 1.807) is 0 Å². The number of aryl methyl sites for hydroxylation is 2. The Labute approximate surface area is 107 Å². The lowest BCUT2D eigenvalue weighted by molar-refractivity contribution is 0.104. The van der Waals surface area contributed by atoms with Crippen LogP contribution in [-0.4, -0.2) is 5.78 Å². The molecule has 0 aliphatic carbocycles. The first kappa shape index (κ1) is 11.6. The van der Waals surface area contributed by atoms with Gasteiger partial charge < -0.3 is 0 Å². The summed E-state index contributed by atoms with van der Waals surface area (Å²) in [6, 6.07) is 9.58. The topological polar surface area (TPSA) is 17.1 Å². The van der Waals surface area contributed by atoms with Crippen molar-refractivity contribution in [1.29, 1.82) is 0 Å². The molecule has 0 spiro atoms. The quantitative estimate of drug-likeness (QED) is 0.752. The van der Waals surface area contributed by atoms with E-state index in [1.165, 1.54) is 11.3 Å². The summed E-state index contributed by atoms with van der Waals surface area (Å²) in [4.78, 5) is 14.1. The van der Waals surface area contributed by atoms with Gasteiger partial charge in [-0.2, -0.15) is 0 Å². The fourth-order valence-electron chi connectivity index (χ4n) is 1.50. The molecule has 0 saturated heterocycles. The van der Waals surface area contributed by atoms with Gasteiger partial charge in [0.25, 0.3) is 0 Å². The van der Waals surface area contributed by atoms with Gasteiger partial charge in [0.15, 0.2) is 0 Å². The fraction of sp³-hybridized carbons (Fsp3) is 0.154. The van der Waals surface area contributed by atoms with Crippen molar-refractivity contribution in [3.63, 3.8) is 0 Å². The van der Waals surface area contributed by atoms with Crippen LogP contribution in [0.25, 0.3) is 0 Å². The van der Waals surface area contributed by atoms with Crippen LogP contribution in [-0.2, 0) is 0 Å². The number of thiophene rings is 1.